The van der Waals surface area contributed by atoms with Gasteiger partial charge < -0.3 is 10.4 Å². The third kappa shape index (κ3) is 1.45. The van der Waals surface area contributed by atoms with Crippen molar-refractivity contribution in [2.24, 2.45) is 16.7 Å². The Bertz CT molecular complexity index is 251. The fourth-order valence-electron chi connectivity index (χ4n) is 3.85. The molecule has 0 aliphatic heterocycles. The monoisotopic (exact) mass is 211 g/mol. The van der Waals surface area contributed by atoms with E-state index in [0.717, 1.165) is 5.92 Å². The van der Waals surface area contributed by atoms with Gasteiger partial charge in [-0.25, -0.2) is 0 Å². The number of aliphatic hydroxyl groups excluding tert-OH is 1. The van der Waals surface area contributed by atoms with Crippen LogP contribution < -0.4 is 5.32 Å². The Morgan fingerprint density at radius 2 is 2.07 bits per heavy atom. The van der Waals surface area contributed by atoms with Gasteiger partial charge in [0.25, 0.3) is 0 Å². The van der Waals surface area contributed by atoms with Gasteiger partial charge in [0.15, 0.2) is 0 Å². The van der Waals surface area contributed by atoms with Crippen LogP contribution in [0.15, 0.2) is 0 Å². The molecule has 0 saturated heterocycles. The third-order valence-corrected chi connectivity index (χ3v) is 5.55. The molecule has 0 unspecified atom stereocenters. The minimum atomic E-state index is 0.238. The average molecular weight is 211 g/mol. The Hall–Kier alpha value is -0.0800. The van der Waals surface area contributed by atoms with Gasteiger partial charge >= 0.3 is 0 Å². The molecule has 0 radical (unpaired) electrons. The maximum Gasteiger partial charge on any atom is 0.0582 e. The van der Waals surface area contributed by atoms with Gasteiger partial charge in [-0.15, -0.1) is 0 Å². The summed E-state index contributed by atoms with van der Waals surface area (Å²) in [6.07, 6.45) is 4.05. The minimum Gasteiger partial charge on any atom is -0.395 e. The summed E-state index contributed by atoms with van der Waals surface area (Å²) in [4.78, 5) is 0. The fraction of sp³-hybridized carbons (Fsp3) is 1.00. The Kier molecular flexibility index (Phi) is 2.63. The number of nitrogens with one attached hydrogen (secondary N) is 1. The van der Waals surface area contributed by atoms with Gasteiger partial charge in [0.1, 0.15) is 0 Å². The molecule has 4 atom stereocenters. The summed E-state index contributed by atoms with van der Waals surface area (Å²) in [5.41, 5.74) is 0.904. The van der Waals surface area contributed by atoms with E-state index in [4.69, 9.17) is 5.11 Å². The molecule has 2 aliphatic carbocycles. The maximum absolute atomic E-state index is 9.12. The van der Waals surface area contributed by atoms with Gasteiger partial charge in [-0.05, 0) is 42.9 Å². The average Bonchev–Trinajstić information content (AvgIpc) is 2.50. The Morgan fingerprint density at radius 1 is 1.40 bits per heavy atom. The number of hydrogen-bond donors (Lipinski definition) is 2. The highest BCUT2D eigenvalue weighted by molar-refractivity contribution is 5.13. The molecule has 2 saturated carbocycles. The lowest BCUT2D eigenvalue weighted by atomic mass is 9.69. The zero-order chi connectivity index (χ0) is 11.3. The van der Waals surface area contributed by atoms with Crippen LogP contribution in [-0.4, -0.2) is 23.8 Å². The summed E-state index contributed by atoms with van der Waals surface area (Å²) in [6, 6.07) is 0.843. The van der Waals surface area contributed by atoms with E-state index in [1.165, 1.54) is 19.3 Å². The molecule has 2 bridgehead atoms. The molecule has 2 heteroatoms. The molecule has 88 valence electrons. The standard InChI is InChI=1S/C13H25NO/c1-9(8-15)14-11-7-10-5-6-13(11,4)12(10,2)3/h9-11,14-15H,5-8H2,1-4H3/t9-,10+,11-,13+/m0/s1. The highest BCUT2D eigenvalue weighted by atomic mass is 16.3. The second kappa shape index (κ2) is 3.46. The molecule has 0 aromatic heterocycles. The van der Waals surface area contributed by atoms with Crippen molar-refractivity contribution in [2.75, 3.05) is 6.61 Å². The SMILES string of the molecule is C[C@@H](CO)N[C@H]1C[C@H]2CC[C@@]1(C)C2(C)C. The van der Waals surface area contributed by atoms with Crippen molar-refractivity contribution < 1.29 is 5.11 Å². The lowest BCUT2D eigenvalue weighted by Crippen LogP contribution is -2.48. The molecule has 0 aromatic rings. The number of rotatable bonds is 3. The second-order valence-electron chi connectivity index (χ2n) is 6.41. The smallest absolute Gasteiger partial charge is 0.0582 e. The topological polar surface area (TPSA) is 32.3 Å². The van der Waals surface area contributed by atoms with Gasteiger partial charge in [0.05, 0.1) is 6.61 Å². The van der Waals surface area contributed by atoms with Crippen LogP contribution in [0.25, 0.3) is 0 Å². The van der Waals surface area contributed by atoms with Crippen LogP contribution in [0.4, 0.5) is 0 Å². The van der Waals surface area contributed by atoms with E-state index >= 15 is 0 Å². The van der Waals surface area contributed by atoms with Gasteiger partial charge in [0.2, 0.25) is 0 Å². The summed E-state index contributed by atoms with van der Waals surface area (Å²) in [5.74, 6) is 0.880. The van der Waals surface area contributed by atoms with E-state index < -0.39 is 0 Å². The Morgan fingerprint density at radius 3 is 2.47 bits per heavy atom. The first-order chi connectivity index (χ1) is 6.91. The molecule has 0 spiro atoms. The molecule has 0 amide bonds. The predicted molar refractivity (Wildman–Crippen MR) is 62.7 cm³/mol. The molecular formula is C13H25NO. The predicted octanol–water partition coefficient (Wildman–Crippen LogP) is 2.17. The lowest BCUT2D eigenvalue weighted by Gasteiger charge is -2.40. The second-order valence-corrected chi connectivity index (χ2v) is 6.41. The minimum absolute atomic E-state index is 0.238. The summed E-state index contributed by atoms with van der Waals surface area (Å²) in [5, 5.41) is 12.7. The van der Waals surface area contributed by atoms with Crippen molar-refractivity contribution in [1.82, 2.24) is 5.32 Å². The maximum atomic E-state index is 9.12. The van der Waals surface area contributed by atoms with Crippen LogP contribution in [0.3, 0.4) is 0 Å². The van der Waals surface area contributed by atoms with E-state index in [2.05, 4.69) is 33.0 Å². The van der Waals surface area contributed by atoms with Gasteiger partial charge in [-0.3, -0.25) is 0 Å². The van der Waals surface area contributed by atoms with Crippen LogP contribution in [0.5, 0.6) is 0 Å². The number of hydrogen-bond acceptors (Lipinski definition) is 2. The normalized spacial score (nSPS) is 44.6. The van der Waals surface area contributed by atoms with E-state index in [0.29, 0.717) is 16.9 Å². The number of aliphatic hydroxyl groups is 1. The zero-order valence-corrected chi connectivity index (χ0v) is 10.5. The molecular weight excluding hydrogens is 186 g/mol. The summed E-state index contributed by atoms with van der Waals surface area (Å²) in [7, 11) is 0. The summed E-state index contributed by atoms with van der Waals surface area (Å²) >= 11 is 0. The van der Waals surface area contributed by atoms with E-state index in [1.807, 2.05) is 0 Å². The van der Waals surface area contributed by atoms with Crippen molar-refractivity contribution in [1.29, 1.82) is 0 Å². The highest BCUT2D eigenvalue weighted by Crippen LogP contribution is 2.65. The molecule has 2 nitrogen and oxygen atoms in total. The van der Waals surface area contributed by atoms with E-state index in [1.54, 1.807) is 0 Å². The first-order valence-corrected chi connectivity index (χ1v) is 6.28. The fourth-order valence-corrected chi connectivity index (χ4v) is 3.85. The quantitative estimate of drug-likeness (QED) is 0.750. The van der Waals surface area contributed by atoms with Crippen molar-refractivity contribution >= 4 is 0 Å². The number of fused-ring (bicyclic) bond motifs is 2. The first-order valence-electron chi connectivity index (χ1n) is 6.28. The van der Waals surface area contributed by atoms with E-state index in [-0.39, 0.29) is 12.6 Å². The van der Waals surface area contributed by atoms with Crippen LogP contribution in [0, 0.1) is 16.7 Å². The van der Waals surface area contributed by atoms with Gasteiger partial charge in [-0.1, -0.05) is 20.8 Å². The van der Waals surface area contributed by atoms with Crippen molar-refractivity contribution in [3.8, 4) is 0 Å². The van der Waals surface area contributed by atoms with E-state index in [9.17, 15) is 0 Å². The lowest BCUT2D eigenvalue weighted by molar-refractivity contribution is 0.109. The molecule has 2 N–H and O–H groups in total. The third-order valence-electron chi connectivity index (χ3n) is 5.55. The van der Waals surface area contributed by atoms with Crippen molar-refractivity contribution in [2.45, 2.75) is 59.0 Å². The molecule has 2 aliphatic rings. The highest BCUT2D eigenvalue weighted by Gasteiger charge is 2.61. The van der Waals surface area contributed by atoms with Gasteiger partial charge in [-0.2, -0.15) is 0 Å². The van der Waals surface area contributed by atoms with Crippen LogP contribution in [-0.2, 0) is 0 Å². The largest absolute Gasteiger partial charge is 0.395 e. The van der Waals surface area contributed by atoms with Crippen LogP contribution in [0.2, 0.25) is 0 Å². The summed E-state index contributed by atoms with van der Waals surface area (Å²) < 4.78 is 0. The van der Waals surface area contributed by atoms with Crippen molar-refractivity contribution in [3.63, 3.8) is 0 Å². The molecule has 2 fully saturated rings. The summed E-state index contributed by atoms with van der Waals surface area (Å²) in [6.45, 7) is 9.60. The first kappa shape index (κ1) is 11.4. The van der Waals surface area contributed by atoms with Gasteiger partial charge in [0, 0.05) is 12.1 Å². The molecule has 0 heterocycles. The zero-order valence-electron chi connectivity index (χ0n) is 10.5. The van der Waals surface area contributed by atoms with Crippen LogP contribution >= 0.6 is 0 Å². The van der Waals surface area contributed by atoms with Crippen LogP contribution in [0.1, 0.15) is 47.0 Å². The Labute approximate surface area is 93.5 Å². The molecule has 15 heavy (non-hydrogen) atoms. The molecule has 2 rings (SSSR count). The van der Waals surface area contributed by atoms with Crippen molar-refractivity contribution in [3.05, 3.63) is 0 Å². The molecule has 0 aromatic carbocycles. The Balaban J connectivity index is 2.12.